The fourth-order valence-electron chi connectivity index (χ4n) is 3.57. The maximum Gasteiger partial charge on any atom is 0.363 e. The Hall–Kier alpha value is -5.19. The second kappa shape index (κ2) is 9.82. The Morgan fingerprint density at radius 3 is 2.59 bits per heavy atom. The third-order valence-corrected chi connectivity index (χ3v) is 5.33. The van der Waals surface area contributed by atoms with Crippen LogP contribution in [0.5, 0.6) is 23.0 Å². The summed E-state index contributed by atoms with van der Waals surface area (Å²) < 4.78 is 27.0. The highest BCUT2D eigenvalue weighted by Crippen LogP contribution is 2.34. The largest absolute Gasteiger partial charge is 0.490 e. The Kier molecular flexibility index (Phi) is 6.25. The van der Waals surface area contributed by atoms with Crippen LogP contribution in [-0.4, -0.2) is 36.2 Å². The van der Waals surface area contributed by atoms with E-state index >= 15 is 0 Å². The van der Waals surface area contributed by atoms with Gasteiger partial charge in [0.1, 0.15) is 0 Å². The summed E-state index contributed by atoms with van der Waals surface area (Å²) in [4.78, 5) is 39.5. The van der Waals surface area contributed by atoms with Crippen LogP contribution in [-0.2, 0) is 9.53 Å². The molecule has 37 heavy (non-hydrogen) atoms. The quantitative estimate of drug-likeness (QED) is 0.152. The standard InChI is InChI=1S/C26H18N2O9/c1-2-33-22-12-15(3-9-21(22)36-25(29)16-4-7-18(8-5-16)28(31)32)11-19-26(30)37-24(27-19)17-6-10-20-23(13-17)35-14-34-20/h3-13H,2,14H2,1H3/b19-11+. The minimum atomic E-state index is -0.709. The first-order valence-corrected chi connectivity index (χ1v) is 11.1. The molecule has 2 aliphatic heterocycles. The van der Waals surface area contributed by atoms with E-state index in [0.717, 1.165) is 0 Å². The fraction of sp³-hybridized carbons (Fsp3) is 0.115. The van der Waals surface area contributed by atoms with Crippen molar-refractivity contribution in [2.24, 2.45) is 4.99 Å². The molecule has 0 saturated carbocycles. The summed E-state index contributed by atoms with van der Waals surface area (Å²) in [7, 11) is 0. The molecule has 0 bridgehead atoms. The van der Waals surface area contributed by atoms with E-state index in [-0.39, 0.29) is 47.7 Å². The molecule has 3 aromatic rings. The summed E-state index contributed by atoms with van der Waals surface area (Å²) in [5.41, 5.74) is 1.19. The summed E-state index contributed by atoms with van der Waals surface area (Å²) >= 11 is 0. The Labute approximate surface area is 209 Å². The number of ether oxygens (including phenoxy) is 5. The Bertz CT molecular complexity index is 1480. The number of hydrogen-bond donors (Lipinski definition) is 0. The highest BCUT2D eigenvalue weighted by molar-refractivity contribution is 6.13. The van der Waals surface area contributed by atoms with Crippen molar-refractivity contribution in [2.75, 3.05) is 13.4 Å². The summed E-state index contributed by atoms with van der Waals surface area (Å²) in [5, 5.41) is 10.8. The zero-order valence-corrected chi connectivity index (χ0v) is 19.3. The van der Waals surface area contributed by atoms with Crippen molar-refractivity contribution in [1.82, 2.24) is 0 Å². The van der Waals surface area contributed by atoms with E-state index < -0.39 is 16.9 Å². The highest BCUT2D eigenvalue weighted by atomic mass is 16.7. The number of rotatable bonds is 7. The molecule has 0 spiro atoms. The summed E-state index contributed by atoms with van der Waals surface area (Å²) in [5.74, 6) is 0.340. The number of benzene rings is 3. The van der Waals surface area contributed by atoms with Crippen LogP contribution >= 0.6 is 0 Å². The first-order valence-electron chi connectivity index (χ1n) is 11.1. The lowest BCUT2D eigenvalue weighted by atomic mass is 10.1. The van der Waals surface area contributed by atoms with E-state index in [0.29, 0.717) is 22.6 Å². The van der Waals surface area contributed by atoms with Crippen LogP contribution in [0, 0.1) is 10.1 Å². The van der Waals surface area contributed by atoms with Crippen LogP contribution in [0.1, 0.15) is 28.4 Å². The van der Waals surface area contributed by atoms with Crippen molar-refractivity contribution in [3.63, 3.8) is 0 Å². The normalized spacial score (nSPS) is 14.8. The average Bonchev–Trinajstić information content (AvgIpc) is 3.51. The molecule has 11 nitrogen and oxygen atoms in total. The van der Waals surface area contributed by atoms with Crippen LogP contribution in [0.15, 0.2) is 71.4 Å². The molecule has 0 unspecified atom stereocenters. The first kappa shape index (κ1) is 23.5. The molecule has 0 saturated heterocycles. The van der Waals surface area contributed by atoms with E-state index in [1.54, 1.807) is 37.3 Å². The van der Waals surface area contributed by atoms with Gasteiger partial charge in [0.15, 0.2) is 28.7 Å². The van der Waals surface area contributed by atoms with Crippen molar-refractivity contribution in [2.45, 2.75) is 6.92 Å². The molecule has 5 rings (SSSR count). The third-order valence-electron chi connectivity index (χ3n) is 5.33. The molecule has 2 heterocycles. The van der Waals surface area contributed by atoms with Gasteiger partial charge in [-0.15, -0.1) is 0 Å². The molecule has 3 aromatic carbocycles. The second-order valence-corrected chi connectivity index (χ2v) is 7.74. The highest BCUT2D eigenvalue weighted by Gasteiger charge is 2.26. The van der Waals surface area contributed by atoms with Crippen molar-refractivity contribution in [1.29, 1.82) is 0 Å². The maximum atomic E-state index is 12.5. The van der Waals surface area contributed by atoms with Gasteiger partial charge in [0, 0.05) is 17.7 Å². The number of fused-ring (bicyclic) bond motifs is 1. The number of hydrogen-bond acceptors (Lipinski definition) is 10. The molecule has 2 aliphatic rings. The van der Waals surface area contributed by atoms with Crippen LogP contribution in [0.4, 0.5) is 5.69 Å². The number of aliphatic imine (C=N–C) groups is 1. The Morgan fingerprint density at radius 1 is 1.05 bits per heavy atom. The van der Waals surface area contributed by atoms with Gasteiger partial charge in [0.25, 0.3) is 5.69 Å². The van der Waals surface area contributed by atoms with Crippen molar-refractivity contribution in [3.05, 3.63) is 93.2 Å². The summed E-state index contributed by atoms with van der Waals surface area (Å²) in [6.07, 6.45) is 1.52. The van der Waals surface area contributed by atoms with E-state index in [1.807, 2.05) is 0 Å². The second-order valence-electron chi connectivity index (χ2n) is 7.74. The van der Waals surface area contributed by atoms with Crippen LogP contribution in [0.3, 0.4) is 0 Å². The van der Waals surface area contributed by atoms with Crippen LogP contribution < -0.4 is 18.9 Å². The van der Waals surface area contributed by atoms with Crippen molar-refractivity contribution < 1.29 is 38.2 Å². The van der Waals surface area contributed by atoms with Crippen LogP contribution in [0.2, 0.25) is 0 Å². The molecule has 11 heteroatoms. The van der Waals surface area contributed by atoms with Gasteiger partial charge in [-0.05, 0) is 61.0 Å². The smallest absolute Gasteiger partial charge is 0.363 e. The number of esters is 2. The SMILES string of the molecule is CCOc1cc(/C=C2/N=C(c3ccc4c(c3)OCO4)OC2=O)ccc1OC(=O)c1ccc([N+](=O)[O-])cc1. The molecule has 0 amide bonds. The van der Waals surface area contributed by atoms with Gasteiger partial charge in [0.05, 0.1) is 17.1 Å². The van der Waals surface area contributed by atoms with Gasteiger partial charge < -0.3 is 23.7 Å². The van der Waals surface area contributed by atoms with Gasteiger partial charge in [-0.2, -0.15) is 0 Å². The predicted octanol–water partition coefficient (Wildman–Crippen LogP) is 4.29. The van der Waals surface area contributed by atoms with Gasteiger partial charge in [-0.25, -0.2) is 14.6 Å². The van der Waals surface area contributed by atoms with Crippen molar-refractivity contribution >= 4 is 29.6 Å². The van der Waals surface area contributed by atoms with E-state index in [1.165, 1.54) is 36.4 Å². The minimum Gasteiger partial charge on any atom is -0.490 e. The molecule has 0 aliphatic carbocycles. The third kappa shape index (κ3) is 4.96. The lowest BCUT2D eigenvalue weighted by molar-refractivity contribution is -0.384. The van der Waals surface area contributed by atoms with Gasteiger partial charge in [-0.1, -0.05) is 6.07 Å². The van der Waals surface area contributed by atoms with Gasteiger partial charge >= 0.3 is 11.9 Å². The molecule has 0 aromatic heterocycles. The maximum absolute atomic E-state index is 12.5. The molecule has 0 fully saturated rings. The van der Waals surface area contributed by atoms with Crippen LogP contribution in [0.25, 0.3) is 6.08 Å². The number of nitrogens with zero attached hydrogens (tertiary/aromatic N) is 2. The summed E-state index contributed by atoms with van der Waals surface area (Å²) in [6, 6.07) is 14.9. The zero-order chi connectivity index (χ0) is 25.9. The lowest BCUT2D eigenvalue weighted by Crippen LogP contribution is -2.10. The molecule has 186 valence electrons. The molecular weight excluding hydrogens is 484 g/mol. The molecule has 0 radical (unpaired) electrons. The number of carbonyl (C=O) groups excluding carboxylic acids is 2. The topological polar surface area (TPSA) is 136 Å². The average molecular weight is 502 g/mol. The predicted molar refractivity (Wildman–Crippen MR) is 129 cm³/mol. The molecule has 0 N–H and O–H groups in total. The number of carbonyl (C=O) groups is 2. The Balaban J connectivity index is 1.37. The number of nitro groups is 1. The zero-order valence-electron chi connectivity index (χ0n) is 19.3. The van der Waals surface area contributed by atoms with Gasteiger partial charge in [0.2, 0.25) is 12.7 Å². The van der Waals surface area contributed by atoms with E-state index in [9.17, 15) is 19.7 Å². The minimum absolute atomic E-state index is 0.0748. The number of cyclic esters (lactones) is 1. The van der Waals surface area contributed by atoms with Crippen molar-refractivity contribution in [3.8, 4) is 23.0 Å². The van der Waals surface area contributed by atoms with Gasteiger partial charge in [-0.3, -0.25) is 10.1 Å². The monoisotopic (exact) mass is 502 g/mol. The fourth-order valence-corrected chi connectivity index (χ4v) is 3.57. The molecule has 0 atom stereocenters. The van der Waals surface area contributed by atoms with E-state index in [4.69, 9.17) is 23.7 Å². The number of nitro benzene ring substituents is 1. The Morgan fingerprint density at radius 2 is 1.84 bits per heavy atom. The summed E-state index contributed by atoms with van der Waals surface area (Å²) in [6.45, 7) is 2.18. The first-order chi connectivity index (χ1) is 17.9. The van der Waals surface area contributed by atoms with E-state index in [2.05, 4.69) is 4.99 Å². The lowest BCUT2D eigenvalue weighted by Gasteiger charge is -2.11. The number of non-ortho nitro benzene ring substituents is 1. The molecular formula is C26H18N2O9.